The Morgan fingerprint density at radius 2 is 1.82 bits per heavy atom. The third kappa shape index (κ3) is 5.08. The second kappa shape index (κ2) is 8.44. The van der Waals surface area contributed by atoms with E-state index in [1.54, 1.807) is 0 Å². The fraction of sp³-hybridized carbons (Fsp3) is 0.278. The highest BCUT2D eigenvalue weighted by atomic mass is 35.5. The van der Waals surface area contributed by atoms with Crippen molar-refractivity contribution in [3.63, 3.8) is 0 Å². The minimum atomic E-state index is -0.101. The van der Waals surface area contributed by atoms with Crippen LogP contribution < -0.4 is 10.1 Å². The average Bonchev–Trinajstić information content (AvgIpc) is 2.53. The van der Waals surface area contributed by atoms with Crippen molar-refractivity contribution in [3.8, 4) is 5.75 Å². The lowest BCUT2D eigenvalue weighted by molar-refractivity contribution is -0.121. The molecule has 0 fully saturated rings. The summed E-state index contributed by atoms with van der Waals surface area (Å²) in [6.45, 7) is 2.46. The van der Waals surface area contributed by atoms with Gasteiger partial charge in [-0.05, 0) is 37.1 Å². The Labute approximate surface area is 136 Å². The second-order valence-electron chi connectivity index (χ2n) is 5.08. The monoisotopic (exact) mass is 317 g/mol. The van der Waals surface area contributed by atoms with Crippen molar-refractivity contribution in [2.24, 2.45) is 0 Å². The van der Waals surface area contributed by atoms with E-state index in [2.05, 4.69) is 5.32 Å². The molecule has 0 saturated heterocycles. The van der Waals surface area contributed by atoms with Gasteiger partial charge in [0, 0.05) is 11.4 Å². The standard InChI is InChI=1S/C18H20ClNO2/c1-14(16-10-5-6-11-17(16)19)20-18(21)12-7-13-22-15-8-3-2-4-9-15/h2-6,8-11,14H,7,12-13H2,1H3,(H,20,21). The van der Waals surface area contributed by atoms with Crippen molar-refractivity contribution < 1.29 is 9.53 Å². The smallest absolute Gasteiger partial charge is 0.220 e. The molecule has 0 saturated carbocycles. The molecule has 0 heterocycles. The molecule has 0 bridgehead atoms. The lowest BCUT2D eigenvalue weighted by Crippen LogP contribution is -2.26. The van der Waals surface area contributed by atoms with Crippen molar-refractivity contribution in [1.29, 1.82) is 0 Å². The highest BCUT2D eigenvalue weighted by Gasteiger charge is 2.11. The largest absolute Gasteiger partial charge is 0.494 e. The number of carbonyl (C=O) groups excluding carboxylic acids is 1. The zero-order valence-electron chi connectivity index (χ0n) is 12.6. The van der Waals surface area contributed by atoms with Crippen LogP contribution in [0.2, 0.25) is 5.02 Å². The van der Waals surface area contributed by atoms with E-state index in [4.69, 9.17) is 16.3 Å². The van der Waals surface area contributed by atoms with Crippen molar-refractivity contribution in [2.75, 3.05) is 6.61 Å². The maximum atomic E-state index is 11.9. The molecule has 4 heteroatoms. The highest BCUT2D eigenvalue weighted by molar-refractivity contribution is 6.31. The molecular weight excluding hydrogens is 298 g/mol. The Kier molecular flexibility index (Phi) is 6.28. The second-order valence-corrected chi connectivity index (χ2v) is 5.48. The molecule has 0 aliphatic carbocycles. The normalized spacial score (nSPS) is 11.7. The molecule has 2 aromatic carbocycles. The molecular formula is C18H20ClNO2. The van der Waals surface area contributed by atoms with Crippen LogP contribution in [0.5, 0.6) is 5.75 Å². The van der Waals surface area contributed by atoms with Crippen LogP contribution in [0.3, 0.4) is 0 Å². The molecule has 2 aromatic rings. The number of halogens is 1. The molecule has 1 atom stereocenters. The maximum absolute atomic E-state index is 11.9. The molecule has 22 heavy (non-hydrogen) atoms. The number of nitrogens with one attached hydrogen (secondary N) is 1. The van der Waals surface area contributed by atoms with Crippen LogP contribution in [0.25, 0.3) is 0 Å². The number of ether oxygens (including phenoxy) is 1. The Bertz CT molecular complexity index is 601. The van der Waals surface area contributed by atoms with Gasteiger partial charge < -0.3 is 10.1 Å². The average molecular weight is 318 g/mol. The molecule has 0 aromatic heterocycles. The van der Waals surface area contributed by atoms with Crippen molar-refractivity contribution in [3.05, 3.63) is 65.2 Å². The molecule has 3 nitrogen and oxygen atoms in total. The summed E-state index contributed by atoms with van der Waals surface area (Å²) in [7, 11) is 0. The van der Waals surface area contributed by atoms with Crippen molar-refractivity contribution in [2.45, 2.75) is 25.8 Å². The van der Waals surface area contributed by atoms with E-state index < -0.39 is 0 Å². The summed E-state index contributed by atoms with van der Waals surface area (Å²) in [5.41, 5.74) is 0.929. The Morgan fingerprint density at radius 1 is 1.14 bits per heavy atom. The number of rotatable bonds is 7. The van der Waals surface area contributed by atoms with Gasteiger partial charge in [-0.1, -0.05) is 48.0 Å². The molecule has 2 rings (SSSR count). The molecule has 1 amide bonds. The Morgan fingerprint density at radius 3 is 2.55 bits per heavy atom. The molecule has 1 N–H and O–H groups in total. The lowest BCUT2D eigenvalue weighted by Gasteiger charge is -2.15. The quantitative estimate of drug-likeness (QED) is 0.770. The van der Waals surface area contributed by atoms with Gasteiger partial charge in [0.2, 0.25) is 5.91 Å². The lowest BCUT2D eigenvalue weighted by atomic mass is 10.1. The fourth-order valence-electron chi connectivity index (χ4n) is 2.16. The topological polar surface area (TPSA) is 38.3 Å². The number of hydrogen-bond acceptors (Lipinski definition) is 2. The van der Waals surface area contributed by atoms with Crippen LogP contribution in [0.15, 0.2) is 54.6 Å². The van der Waals surface area contributed by atoms with Gasteiger partial charge in [0.05, 0.1) is 12.6 Å². The minimum Gasteiger partial charge on any atom is -0.494 e. The number of benzene rings is 2. The van der Waals surface area contributed by atoms with E-state index in [0.717, 1.165) is 11.3 Å². The predicted octanol–water partition coefficient (Wildman–Crippen LogP) is 4.38. The van der Waals surface area contributed by atoms with E-state index in [9.17, 15) is 4.79 Å². The van der Waals surface area contributed by atoms with E-state index in [1.165, 1.54) is 0 Å². The third-order valence-corrected chi connectivity index (χ3v) is 3.65. The van der Waals surface area contributed by atoms with Crippen LogP contribution in [-0.4, -0.2) is 12.5 Å². The summed E-state index contributed by atoms with van der Waals surface area (Å²) in [5.74, 6) is 0.830. The van der Waals surface area contributed by atoms with Gasteiger partial charge in [-0.3, -0.25) is 4.79 Å². The molecule has 0 radical (unpaired) electrons. The molecule has 0 aliphatic heterocycles. The molecule has 0 spiro atoms. The van der Waals surface area contributed by atoms with Gasteiger partial charge in [0.25, 0.3) is 0 Å². The summed E-state index contributed by atoms with van der Waals surface area (Å²) in [6, 6.07) is 17.0. The first-order valence-electron chi connectivity index (χ1n) is 7.38. The number of carbonyl (C=O) groups is 1. The third-order valence-electron chi connectivity index (χ3n) is 3.31. The molecule has 0 aliphatic rings. The van der Waals surface area contributed by atoms with Gasteiger partial charge in [-0.25, -0.2) is 0 Å². The van der Waals surface area contributed by atoms with Gasteiger partial charge in [0.1, 0.15) is 5.75 Å². The van der Waals surface area contributed by atoms with Crippen molar-refractivity contribution >= 4 is 17.5 Å². The first kappa shape index (κ1) is 16.4. The Balaban J connectivity index is 1.71. The maximum Gasteiger partial charge on any atom is 0.220 e. The van der Waals surface area contributed by atoms with Crippen LogP contribution in [0.1, 0.15) is 31.4 Å². The zero-order valence-corrected chi connectivity index (χ0v) is 13.3. The zero-order chi connectivity index (χ0) is 15.8. The van der Waals surface area contributed by atoms with Gasteiger partial charge in [0.15, 0.2) is 0 Å². The summed E-state index contributed by atoms with van der Waals surface area (Å²) >= 11 is 6.13. The highest BCUT2D eigenvalue weighted by Crippen LogP contribution is 2.22. The predicted molar refractivity (Wildman–Crippen MR) is 89.2 cm³/mol. The van der Waals surface area contributed by atoms with Gasteiger partial charge in [-0.2, -0.15) is 0 Å². The molecule has 116 valence electrons. The SMILES string of the molecule is CC(NC(=O)CCCOc1ccccc1)c1ccccc1Cl. The van der Waals surface area contributed by atoms with Gasteiger partial charge >= 0.3 is 0 Å². The summed E-state index contributed by atoms with van der Waals surface area (Å²) in [5, 5.41) is 3.63. The van der Waals surface area contributed by atoms with Crippen molar-refractivity contribution in [1.82, 2.24) is 5.32 Å². The Hall–Kier alpha value is -2.00. The van der Waals surface area contributed by atoms with Crippen LogP contribution >= 0.6 is 11.6 Å². The number of amides is 1. The van der Waals surface area contributed by atoms with Gasteiger partial charge in [-0.15, -0.1) is 0 Å². The summed E-state index contributed by atoms with van der Waals surface area (Å²) in [6.07, 6.45) is 1.11. The van der Waals surface area contributed by atoms with E-state index in [0.29, 0.717) is 24.5 Å². The number of para-hydroxylation sites is 1. The van der Waals surface area contributed by atoms with E-state index >= 15 is 0 Å². The number of hydrogen-bond donors (Lipinski definition) is 1. The van der Waals surface area contributed by atoms with Crippen LogP contribution in [-0.2, 0) is 4.79 Å². The van der Waals surface area contributed by atoms with Crippen LogP contribution in [0.4, 0.5) is 0 Å². The first-order chi connectivity index (χ1) is 10.7. The first-order valence-corrected chi connectivity index (χ1v) is 7.76. The van der Waals surface area contributed by atoms with E-state index in [-0.39, 0.29) is 11.9 Å². The molecule has 1 unspecified atom stereocenters. The summed E-state index contributed by atoms with van der Waals surface area (Å²) in [4.78, 5) is 11.9. The summed E-state index contributed by atoms with van der Waals surface area (Å²) < 4.78 is 5.56. The van der Waals surface area contributed by atoms with Crippen LogP contribution in [0, 0.1) is 0 Å². The fourth-order valence-corrected chi connectivity index (χ4v) is 2.46. The minimum absolute atomic E-state index is 0.00378. The van der Waals surface area contributed by atoms with E-state index in [1.807, 2.05) is 61.5 Å².